The predicted molar refractivity (Wildman–Crippen MR) is 82.7 cm³/mol. The van der Waals surface area contributed by atoms with Gasteiger partial charge in [-0.05, 0) is 45.5 Å². The fraction of sp³-hybridized carbons (Fsp3) is 0.600. The molecule has 2 rings (SSSR count). The Morgan fingerprint density at radius 1 is 1.43 bits per heavy atom. The van der Waals surface area contributed by atoms with Gasteiger partial charge in [0, 0.05) is 25.2 Å². The van der Waals surface area contributed by atoms with E-state index in [-0.39, 0.29) is 16.7 Å². The average molecular weight is 293 g/mol. The minimum atomic E-state index is -0.703. The van der Waals surface area contributed by atoms with Crippen LogP contribution in [0.1, 0.15) is 31.9 Å². The summed E-state index contributed by atoms with van der Waals surface area (Å²) >= 11 is 0. The van der Waals surface area contributed by atoms with Crippen LogP contribution in [0.3, 0.4) is 0 Å². The summed E-state index contributed by atoms with van der Waals surface area (Å²) in [5.41, 5.74) is 1.29. The lowest BCUT2D eigenvalue weighted by Crippen LogP contribution is -2.38. The third-order valence-corrected chi connectivity index (χ3v) is 4.03. The van der Waals surface area contributed by atoms with Crippen molar-refractivity contribution in [2.75, 3.05) is 31.6 Å². The monoisotopic (exact) mass is 293 g/mol. The maximum atomic E-state index is 11.4. The molecule has 0 radical (unpaired) electrons. The standard InChI is InChI=1S/C15H23N3O3/c1-11-10-16(3)7-4-8-17(11)14-6-5-13(12(2)19)9-15(14)18(20)21/h5-6,9,11-12,19H,4,7-8,10H2,1-3H3. The zero-order valence-corrected chi connectivity index (χ0v) is 12.8. The molecule has 1 aliphatic heterocycles. The highest BCUT2D eigenvalue weighted by atomic mass is 16.6. The molecule has 0 spiro atoms. The average Bonchev–Trinajstić information content (AvgIpc) is 2.58. The summed E-state index contributed by atoms with van der Waals surface area (Å²) in [7, 11) is 2.07. The number of benzene rings is 1. The van der Waals surface area contributed by atoms with E-state index >= 15 is 0 Å². The second-order valence-corrected chi connectivity index (χ2v) is 5.84. The number of aliphatic hydroxyl groups excluding tert-OH is 1. The molecule has 0 saturated carbocycles. The molecule has 1 saturated heterocycles. The summed E-state index contributed by atoms with van der Waals surface area (Å²) in [5.74, 6) is 0. The molecule has 1 heterocycles. The molecule has 2 atom stereocenters. The van der Waals surface area contributed by atoms with Crippen molar-refractivity contribution in [3.05, 3.63) is 33.9 Å². The van der Waals surface area contributed by atoms with Crippen LogP contribution in [-0.2, 0) is 0 Å². The molecule has 0 amide bonds. The molecule has 6 heteroatoms. The van der Waals surface area contributed by atoms with E-state index in [0.29, 0.717) is 11.3 Å². The highest BCUT2D eigenvalue weighted by molar-refractivity contribution is 5.65. The maximum absolute atomic E-state index is 11.4. The van der Waals surface area contributed by atoms with E-state index in [1.807, 2.05) is 0 Å². The van der Waals surface area contributed by atoms with Crippen molar-refractivity contribution in [1.29, 1.82) is 0 Å². The Bertz CT molecular complexity index is 519. The van der Waals surface area contributed by atoms with Gasteiger partial charge in [0.2, 0.25) is 0 Å². The Morgan fingerprint density at radius 3 is 2.76 bits per heavy atom. The van der Waals surface area contributed by atoms with E-state index < -0.39 is 6.10 Å². The second kappa shape index (κ2) is 6.41. The molecular formula is C15H23N3O3. The topological polar surface area (TPSA) is 69.8 Å². The Morgan fingerprint density at radius 2 is 2.14 bits per heavy atom. The molecule has 1 fully saturated rings. The smallest absolute Gasteiger partial charge is 0.292 e. The van der Waals surface area contributed by atoms with Crippen molar-refractivity contribution in [2.45, 2.75) is 32.4 Å². The lowest BCUT2D eigenvalue weighted by molar-refractivity contribution is -0.384. The predicted octanol–water partition coefficient (Wildman–Crippen LogP) is 2.18. The summed E-state index contributed by atoms with van der Waals surface area (Å²) in [6.07, 6.45) is 0.279. The van der Waals surface area contributed by atoms with Crippen LogP contribution in [0.25, 0.3) is 0 Å². The lowest BCUT2D eigenvalue weighted by atomic mass is 10.1. The summed E-state index contributed by atoms with van der Waals surface area (Å²) in [5, 5.41) is 21.0. The van der Waals surface area contributed by atoms with Crippen LogP contribution in [0.4, 0.5) is 11.4 Å². The Balaban J connectivity index is 2.39. The van der Waals surface area contributed by atoms with Gasteiger partial charge in [-0.25, -0.2) is 0 Å². The number of nitro groups is 1. The number of hydrogen-bond donors (Lipinski definition) is 1. The van der Waals surface area contributed by atoms with Crippen LogP contribution >= 0.6 is 0 Å². The molecule has 1 aliphatic rings. The molecule has 1 N–H and O–H groups in total. The maximum Gasteiger partial charge on any atom is 0.292 e. The van der Waals surface area contributed by atoms with Gasteiger partial charge in [-0.15, -0.1) is 0 Å². The largest absolute Gasteiger partial charge is 0.389 e. The number of aliphatic hydroxyl groups is 1. The van der Waals surface area contributed by atoms with E-state index in [4.69, 9.17) is 0 Å². The molecule has 2 unspecified atom stereocenters. The molecule has 1 aromatic rings. The van der Waals surface area contributed by atoms with E-state index in [0.717, 1.165) is 26.1 Å². The first-order valence-corrected chi connectivity index (χ1v) is 7.31. The molecule has 21 heavy (non-hydrogen) atoms. The number of nitro benzene ring substituents is 1. The van der Waals surface area contributed by atoms with Gasteiger partial charge < -0.3 is 14.9 Å². The molecule has 116 valence electrons. The molecule has 1 aromatic carbocycles. The zero-order chi connectivity index (χ0) is 15.6. The van der Waals surface area contributed by atoms with Crippen molar-refractivity contribution < 1.29 is 10.0 Å². The van der Waals surface area contributed by atoms with Crippen molar-refractivity contribution in [2.24, 2.45) is 0 Å². The second-order valence-electron chi connectivity index (χ2n) is 5.84. The summed E-state index contributed by atoms with van der Waals surface area (Å²) in [6, 6.07) is 5.24. The molecule has 6 nitrogen and oxygen atoms in total. The zero-order valence-electron chi connectivity index (χ0n) is 12.8. The van der Waals surface area contributed by atoms with Crippen LogP contribution in [0, 0.1) is 10.1 Å². The third-order valence-electron chi connectivity index (χ3n) is 4.03. The molecule has 0 aromatic heterocycles. The van der Waals surface area contributed by atoms with Gasteiger partial charge in [-0.1, -0.05) is 6.07 Å². The molecule has 0 bridgehead atoms. The van der Waals surface area contributed by atoms with E-state index in [1.165, 1.54) is 6.07 Å². The SMILES string of the molecule is CC(O)c1ccc(N2CCCN(C)CC2C)c([N+](=O)[O-])c1. The van der Waals surface area contributed by atoms with E-state index in [1.54, 1.807) is 19.1 Å². The van der Waals surface area contributed by atoms with Crippen LogP contribution in [0.15, 0.2) is 18.2 Å². The van der Waals surface area contributed by atoms with Crippen LogP contribution in [-0.4, -0.2) is 47.7 Å². The number of hydrogen-bond acceptors (Lipinski definition) is 5. The van der Waals surface area contributed by atoms with Crippen molar-refractivity contribution in [1.82, 2.24) is 4.90 Å². The highest BCUT2D eigenvalue weighted by Crippen LogP contribution is 2.33. The van der Waals surface area contributed by atoms with Gasteiger partial charge in [-0.3, -0.25) is 10.1 Å². The van der Waals surface area contributed by atoms with Crippen molar-refractivity contribution in [3.63, 3.8) is 0 Å². The van der Waals surface area contributed by atoms with Gasteiger partial charge in [0.1, 0.15) is 5.69 Å². The quantitative estimate of drug-likeness (QED) is 0.683. The number of anilines is 1. The third kappa shape index (κ3) is 3.51. The summed E-state index contributed by atoms with van der Waals surface area (Å²) in [6.45, 7) is 6.40. The van der Waals surface area contributed by atoms with Crippen molar-refractivity contribution in [3.8, 4) is 0 Å². The Labute approximate surface area is 125 Å². The van der Waals surface area contributed by atoms with E-state index in [2.05, 4.69) is 23.8 Å². The number of rotatable bonds is 3. The number of nitrogens with zero attached hydrogens (tertiary/aromatic N) is 3. The van der Waals surface area contributed by atoms with Gasteiger partial charge in [-0.2, -0.15) is 0 Å². The first kappa shape index (κ1) is 15.7. The number of likely N-dealkylation sites (N-methyl/N-ethyl adjacent to an activating group) is 1. The van der Waals surface area contributed by atoms with Gasteiger partial charge in [0.05, 0.1) is 11.0 Å². The first-order valence-electron chi connectivity index (χ1n) is 7.31. The Kier molecular flexibility index (Phi) is 4.80. The molecule has 0 aliphatic carbocycles. The minimum Gasteiger partial charge on any atom is -0.389 e. The first-order chi connectivity index (χ1) is 9.90. The van der Waals surface area contributed by atoms with Crippen LogP contribution in [0.2, 0.25) is 0 Å². The lowest BCUT2D eigenvalue weighted by Gasteiger charge is -2.30. The fourth-order valence-corrected chi connectivity index (χ4v) is 2.92. The summed E-state index contributed by atoms with van der Waals surface area (Å²) < 4.78 is 0. The molecular weight excluding hydrogens is 270 g/mol. The summed E-state index contributed by atoms with van der Waals surface area (Å²) in [4.78, 5) is 15.4. The van der Waals surface area contributed by atoms with Crippen molar-refractivity contribution >= 4 is 11.4 Å². The van der Waals surface area contributed by atoms with Gasteiger partial charge in [0.25, 0.3) is 5.69 Å². The Hall–Kier alpha value is -1.66. The minimum absolute atomic E-state index is 0.0739. The normalized spacial score (nSPS) is 21.9. The van der Waals surface area contributed by atoms with Gasteiger partial charge >= 0.3 is 0 Å². The van der Waals surface area contributed by atoms with Gasteiger partial charge in [0.15, 0.2) is 0 Å². The highest BCUT2D eigenvalue weighted by Gasteiger charge is 2.26. The fourth-order valence-electron chi connectivity index (χ4n) is 2.92. The van der Waals surface area contributed by atoms with Crippen LogP contribution in [0.5, 0.6) is 0 Å². The van der Waals surface area contributed by atoms with Crippen LogP contribution < -0.4 is 4.90 Å². The van der Waals surface area contributed by atoms with E-state index in [9.17, 15) is 15.2 Å².